The Morgan fingerprint density at radius 1 is 1.20 bits per heavy atom. The summed E-state index contributed by atoms with van der Waals surface area (Å²) in [6.45, 7) is -3.71. The monoisotopic (exact) mass is 579 g/mol. The lowest BCUT2D eigenvalue weighted by atomic mass is 10.0. The summed E-state index contributed by atoms with van der Waals surface area (Å²) in [6, 6.07) is 4.42. The first-order valence-electron chi connectivity index (χ1n) is 12.2. The maximum Gasteiger partial charge on any atom is 0.387 e. The molecule has 0 saturated carbocycles. The van der Waals surface area contributed by atoms with Crippen molar-refractivity contribution in [1.82, 2.24) is 26.1 Å². The molecule has 2 atom stereocenters. The van der Waals surface area contributed by atoms with Crippen LogP contribution in [0, 0.1) is 5.82 Å². The van der Waals surface area contributed by atoms with Crippen LogP contribution in [-0.2, 0) is 14.3 Å². The van der Waals surface area contributed by atoms with Crippen LogP contribution in [0.25, 0.3) is 10.9 Å². The topological polar surface area (TPSA) is 159 Å². The van der Waals surface area contributed by atoms with E-state index in [1.165, 1.54) is 18.3 Å². The van der Waals surface area contributed by atoms with Gasteiger partial charge >= 0.3 is 12.6 Å². The second-order valence-electron chi connectivity index (χ2n) is 8.79. The molecule has 1 unspecified atom stereocenters. The molecule has 2 aromatic carbocycles. The molecule has 0 spiro atoms. The van der Waals surface area contributed by atoms with Gasteiger partial charge in [-0.25, -0.2) is 13.8 Å². The Hall–Kier alpha value is -4.89. The average Bonchev–Trinajstić information content (AvgIpc) is 3.42. The standard InChI is InChI=1S/C25H25F4N7O5/c1-40-22(38)7-19(15-6-14(41-24(28)29)2-3-17(15)27)34-21(37)11-30-23(39)12-4-18(16-10-33-36-20(16)5-12)35-25-31-8-13(26)9-32-25/h2-6,10,13,19,24H,7-9,11H2,1H3,(H,30,39)(H,33,36)(H,34,37)(H2,31,32,35)/t19-/m0/s1. The number of hydrogen-bond acceptors (Lipinski definition) is 9. The number of carbonyl (C=O) groups excluding carboxylic acids is 3. The van der Waals surface area contributed by atoms with Gasteiger partial charge in [-0.05, 0) is 30.3 Å². The van der Waals surface area contributed by atoms with Gasteiger partial charge in [-0.2, -0.15) is 13.9 Å². The maximum atomic E-state index is 14.6. The van der Waals surface area contributed by atoms with Crippen molar-refractivity contribution < 1.29 is 41.4 Å². The summed E-state index contributed by atoms with van der Waals surface area (Å²) in [5.74, 6) is -3.25. The number of aromatic amines is 1. The number of fused-ring (bicyclic) bond motifs is 1. The van der Waals surface area contributed by atoms with Gasteiger partial charge in [0, 0.05) is 16.5 Å². The summed E-state index contributed by atoms with van der Waals surface area (Å²) in [5.41, 5.74) is 0.760. The smallest absolute Gasteiger partial charge is 0.387 e. The van der Waals surface area contributed by atoms with Gasteiger partial charge in [-0.1, -0.05) is 0 Å². The van der Waals surface area contributed by atoms with Gasteiger partial charge < -0.3 is 30.7 Å². The van der Waals surface area contributed by atoms with Crippen LogP contribution in [0.3, 0.4) is 0 Å². The number of aromatic nitrogens is 2. The number of halogens is 4. The molecule has 1 aliphatic rings. The van der Waals surface area contributed by atoms with Crippen molar-refractivity contribution in [3.8, 4) is 5.75 Å². The Labute approximate surface area is 229 Å². The zero-order chi connectivity index (χ0) is 29.5. The summed E-state index contributed by atoms with van der Waals surface area (Å²) in [4.78, 5) is 41.6. The number of hydrogen-bond donors (Lipinski definition) is 5. The number of nitrogens with zero attached hydrogens (tertiary/aromatic N) is 2. The minimum atomic E-state index is -3.18. The first-order chi connectivity index (χ1) is 19.6. The molecule has 2 amide bonds. The van der Waals surface area contributed by atoms with Crippen LogP contribution >= 0.6 is 0 Å². The third kappa shape index (κ3) is 7.61. The number of benzene rings is 2. The van der Waals surface area contributed by atoms with Gasteiger partial charge in [0.25, 0.3) is 5.91 Å². The number of amides is 2. The van der Waals surface area contributed by atoms with Gasteiger partial charge in [0.15, 0.2) is 5.96 Å². The largest absolute Gasteiger partial charge is 0.469 e. The van der Waals surface area contributed by atoms with Crippen LogP contribution in [0.5, 0.6) is 5.75 Å². The molecule has 12 nitrogen and oxygen atoms in total. The number of alkyl halides is 3. The third-order valence-corrected chi connectivity index (χ3v) is 5.92. The Morgan fingerprint density at radius 2 is 2.00 bits per heavy atom. The highest BCUT2D eigenvalue weighted by atomic mass is 19.3. The van der Waals surface area contributed by atoms with Crippen molar-refractivity contribution >= 4 is 40.3 Å². The molecule has 218 valence electrons. The predicted octanol–water partition coefficient (Wildman–Crippen LogP) is 2.16. The predicted molar refractivity (Wildman–Crippen MR) is 138 cm³/mol. The van der Waals surface area contributed by atoms with Crippen molar-refractivity contribution in [2.45, 2.75) is 25.2 Å². The van der Waals surface area contributed by atoms with Gasteiger partial charge in [0.1, 0.15) is 17.7 Å². The zero-order valence-corrected chi connectivity index (χ0v) is 21.5. The number of rotatable bonds is 10. The SMILES string of the molecule is COC(=O)C[C@H](NC(=O)CNC(=O)c1cc(NC2=NCC(F)CN2)c2cn[nH]c2c1)c1cc(OC(F)F)ccc1F. The third-order valence-electron chi connectivity index (χ3n) is 5.92. The average molecular weight is 580 g/mol. The van der Waals surface area contributed by atoms with Gasteiger partial charge in [0.2, 0.25) is 5.91 Å². The van der Waals surface area contributed by atoms with Crippen LogP contribution in [0.2, 0.25) is 0 Å². The van der Waals surface area contributed by atoms with E-state index in [-0.39, 0.29) is 30.0 Å². The summed E-state index contributed by atoms with van der Waals surface area (Å²) in [5, 5.41) is 18.0. The molecule has 3 aromatic rings. The summed E-state index contributed by atoms with van der Waals surface area (Å²) >= 11 is 0. The van der Waals surface area contributed by atoms with Crippen LogP contribution in [0.15, 0.2) is 41.5 Å². The van der Waals surface area contributed by atoms with E-state index in [1.807, 2.05) is 0 Å². The molecule has 5 N–H and O–H groups in total. The molecule has 16 heteroatoms. The quantitative estimate of drug-likeness (QED) is 0.181. The number of aliphatic imine (C=N–C) groups is 1. The fourth-order valence-corrected chi connectivity index (χ4v) is 3.98. The molecule has 0 saturated heterocycles. The molecule has 2 heterocycles. The van der Waals surface area contributed by atoms with Crippen LogP contribution in [0.1, 0.15) is 28.4 Å². The number of guanidine groups is 1. The second kappa shape index (κ2) is 13.0. The van der Waals surface area contributed by atoms with E-state index in [0.717, 1.165) is 25.3 Å². The van der Waals surface area contributed by atoms with Crippen molar-refractivity contribution in [3.05, 3.63) is 53.5 Å². The van der Waals surface area contributed by atoms with Gasteiger partial charge in [0.05, 0.1) is 56.6 Å². The number of ether oxygens (including phenoxy) is 2. The number of H-pyrrole nitrogens is 1. The normalized spacial score (nSPS) is 15.5. The zero-order valence-electron chi connectivity index (χ0n) is 21.5. The second-order valence-corrected chi connectivity index (χ2v) is 8.79. The minimum Gasteiger partial charge on any atom is -0.469 e. The van der Waals surface area contributed by atoms with Crippen molar-refractivity contribution in [2.75, 3.05) is 32.1 Å². The Morgan fingerprint density at radius 3 is 2.71 bits per heavy atom. The minimum absolute atomic E-state index is 0.0242. The summed E-state index contributed by atoms with van der Waals surface area (Å²) in [7, 11) is 1.09. The Balaban J connectivity index is 1.46. The van der Waals surface area contributed by atoms with E-state index >= 15 is 0 Å². The van der Waals surface area contributed by atoms with E-state index in [0.29, 0.717) is 22.5 Å². The molecule has 0 radical (unpaired) electrons. The molecular weight excluding hydrogens is 554 g/mol. The van der Waals surface area contributed by atoms with Crippen molar-refractivity contribution in [2.24, 2.45) is 4.99 Å². The fourth-order valence-electron chi connectivity index (χ4n) is 3.98. The molecule has 1 aliphatic heterocycles. The first kappa shape index (κ1) is 29.1. The number of carbonyl (C=O) groups is 3. The maximum absolute atomic E-state index is 14.6. The van der Waals surface area contributed by atoms with Crippen LogP contribution in [-0.4, -0.2) is 73.5 Å². The molecule has 4 rings (SSSR count). The fraction of sp³-hybridized carbons (Fsp3) is 0.320. The lowest BCUT2D eigenvalue weighted by molar-refractivity contribution is -0.141. The highest BCUT2D eigenvalue weighted by molar-refractivity contribution is 6.07. The number of anilines is 1. The molecule has 1 aromatic heterocycles. The molecule has 0 aliphatic carbocycles. The lowest BCUT2D eigenvalue weighted by Gasteiger charge is -2.20. The van der Waals surface area contributed by atoms with Crippen LogP contribution < -0.4 is 26.0 Å². The van der Waals surface area contributed by atoms with Gasteiger partial charge in [-0.3, -0.25) is 19.5 Å². The van der Waals surface area contributed by atoms with Crippen molar-refractivity contribution in [1.29, 1.82) is 0 Å². The summed E-state index contributed by atoms with van der Waals surface area (Å²) < 4.78 is 62.1. The van der Waals surface area contributed by atoms with Crippen molar-refractivity contribution in [3.63, 3.8) is 0 Å². The highest BCUT2D eigenvalue weighted by Gasteiger charge is 2.24. The van der Waals surface area contributed by atoms with E-state index in [1.54, 1.807) is 0 Å². The summed E-state index contributed by atoms with van der Waals surface area (Å²) in [6.07, 6.45) is -0.121. The Kier molecular flexibility index (Phi) is 9.21. The van der Waals surface area contributed by atoms with E-state index in [4.69, 9.17) is 0 Å². The molecular formula is C25H25F4N7O5. The molecule has 0 fully saturated rings. The van der Waals surface area contributed by atoms with Gasteiger partial charge in [-0.15, -0.1) is 0 Å². The molecule has 41 heavy (non-hydrogen) atoms. The van der Waals surface area contributed by atoms with E-state index in [9.17, 15) is 31.9 Å². The molecule has 0 bridgehead atoms. The first-order valence-corrected chi connectivity index (χ1v) is 12.2. The number of methoxy groups -OCH3 is 1. The Bertz CT molecular complexity index is 1470. The number of esters is 1. The van der Waals surface area contributed by atoms with E-state index < -0.39 is 55.4 Å². The van der Waals surface area contributed by atoms with E-state index in [2.05, 4.69) is 45.9 Å². The van der Waals surface area contributed by atoms with Crippen LogP contribution in [0.4, 0.5) is 23.2 Å². The highest BCUT2D eigenvalue weighted by Crippen LogP contribution is 2.27. The number of nitrogens with one attached hydrogen (secondary N) is 5. The lowest BCUT2D eigenvalue weighted by Crippen LogP contribution is -2.41.